The molecule has 0 N–H and O–H groups in total. The van der Waals surface area contributed by atoms with E-state index < -0.39 is 30.2 Å². The fraction of sp³-hybridized carbons (Fsp3) is 0.481. The third-order valence-corrected chi connectivity index (χ3v) is 7.65. The number of hydrogen-bond acceptors (Lipinski definition) is 7. The number of alkyl halides is 2. The fourth-order valence-electron chi connectivity index (χ4n) is 5.34. The van der Waals surface area contributed by atoms with E-state index in [-0.39, 0.29) is 29.4 Å². The average Bonchev–Trinajstić information content (AvgIpc) is 3.33. The highest BCUT2D eigenvalue weighted by Gasteiger charge is 2.33. The predicted molar refractivity (Wildman–Crippen MR) is 140 cm³/mol. The standard InChI is InChI=1S/C27H30ClF2N5O4/c1-3-38-27(37)24-19-15-33(21-14-31-35(26(36)23(21)28)22-10-6-7-13-39-22)12-11-20(19)34(32-24)16(2)17-8-4-5-9-18(17)25(29)30/h4-5,8-9,14,16,22,25H,3,6-7,10-13,15H2,1-2H3. The topological polar surface area (TPSA) is 91.5 Å². The van der Waals surface area contributed by atoms with E-state index in [9.17, 15) is 18.4 Å². The molecule has 0 amide bonds. The first-order valence-corrected chi connectivity index (χ1v) is 13.5. The van der Waals surface area contributed by atoms with Crippen LogP contribution in [-0.2, 0) is 22.4 Å². The molecule has 2 aliphatic heterocycles. The van der Waals surface area contributed by atoms with Crippen molar-refractivity contribution in [3.05, 3.63) is 73.9 Å². The van der Waals surface area contributed by atoms with Gasteiger partial charge in [-0.25, -0.2) is 13.6 Å². The minimum Gasteiger partial charge on any atom is -0.461 e. The molecule has 2 aliphatic rings. The number of anilines is 1. The van der Waals surface area contributed by atoms with Gasteiger partial charge in [0.05, 0.1) is 24.5 Å². The molecule has 9 nitrogen and oxygen atoms in total. The van der Waals surface area contributed by atoms with Gasteiger partial charge in [0.25, 0.3) is 12.0 Å². The highest BCUT2D eigenvalue weighted by Crippen LogP contribution is 2.35. The Morgan fingerprint density at radius 3 is 2.72 bits per heavy atom. The maximum absolute atomic E-state index is 13.8. The second-order valence-electron chi connectivity index (χ2n) is 9.63. The van der Waals surface area contributed by atoms with Crippen LogP contribution >= 0.6 is 11.6 Å². The first kappa shape index (κ1) is 27.3. The second-order valence-corrected chi connectivity index (χ2v) is 10.0. The number of carbonyl (C=O) groups excluding carboxylic acids is 1. The molecule has 0 saturated carbocycles. The summed E-state index contributed by atoms with van der Waals surface area (Å²) in [6.45, 7) is 4.88. The van der Waals surface area contributed by atoms with Gasteiger partial charge in [-0.2, -0.15) is 14.9 Å². The summed E-state index contributed by atoms with van der Waals surface area (Å²) in [7, 11) is 0. The van der Waals surface area contributed by atoms with Crippen molar-refractivity contribution in [2.75, 3.05) is 24.7 Å². The number of benzene rings is 1. The van der Waals surface area contributed by atoms with Crippen molar-refractivity contribution in [1.82, 2.24) is 19.6 Å². The summed E-state index contributed by atoms with van der Waals surface area (Å²) >= 11 is 6.56. The van der Waals surface area contributed by atoms with Gasteiger partial charge in [0.15, 0.2) is 11.9 Å². The lowest BCUT2D eigenvalue weighted by Gasteiger charge is -2.31. The number of nitrogens with zero attached hydrogens (tertiary/aromatic N) is 5. The molecular formula is C27H30ClF2N5O4. The van der Waals surface area contributed by atoms with Crippen molar-refractivity contribution >= 4 is 23.3 Å². The van der Waals surface area contributed by atoms with Gasteiger partial charge in [-0.05, 0) is 38.7 Å². The highest BCUT2D eigenvalue weighted by atomic mass is 35.5. The van der Waals surface area contributed by atoms with Crippen LogP contribution in [0.3, 0.4) is 0 Å². The molecule has 12 heteroatoms. The van der Waals surface area contributed by atoms with Crippen LogP contribution in [0.5, 0.6) is 0 Å². The Morgan fingerprint density at radius 1 is 1.26 bits per heavy atom. The normalized spacial score (nSPS) is 18.2. The van der Waals surface area contributed by atoms with E-state index in [4.69, 9.17) is 21.1 Å². The first-order valence-electron chi connectivity index (χ1n) is 13.1. The predicted octanol–water partition coefficient (Wildman–Crippen LogP) is 5.08. The van der Waals surface area contributed by atoms with Crippen LogP contribution in [0.1, 0.15) is 84.7 Å². The van der Waals surface area contributed by atoms with Crippen molar-refractivity contribution in [2.45, 2.75) is 64.8 Å². The first-order chi connectivity index (χ1) is 18.8. The summed E-state index contributed by atoms with van der Waals surface area (Å²) < 4.78 is 41.4. The molecule has 2 unspecified atom stereocenters. The molecule has 1 saturated heterocycles. The van der Waals surface area contributed by atoms with Crippen molar-refractivity contribution in [1.29, 1.82) is 0 Å². The van der Waals surface area contributed by atoms with Crippen LogP contribution in [0.15, 0.2) is 35.3 Å². The van der Waals surface area contributed by atoms with Crippen molar-refractivity contribution in [2.24, 2.45) is 0 Å². The molecule has 4 heterocycles. The SMILES string of the molecule is CCOC(=O)c1nn(C(C)c2ccccc2C(F)F)c2c1CN(c1cnn(C3CCCCO3)c(=O)c1Cl)CC2. The van der Waals surface area contributed by atoms with Crippen LogP contribution < -0.4 is 10.5 Å². The maximum atomic E-state index is 13.8. The molecule has 5 rings (SSSR count). The van der Waals surface area contributed by atoms with Crippen LogP contribution in [0.2, 0.25) is 5.02 Å². The lowest BCUT2D eigenvalue weighted by Crippen LogP contribution is -2.36. The smallest absolute Gasteiger partial charge is 0.359 e. The lowest BCUT2D eigenvalue weighted by atomic mass is 10.00. The van der Waals surface area contributed by atoms with Crippen LogP contribution in [0, 0.1) is 0 Å². The van der Waals surface area contributed by atoms with E-state index in [2.05, 4.69) is 10.2 Å². The Kier molecular flexibility index (Phi) is 7.99. The van der Waals surface area contributed by atoms with E-state index in [1.807, 2.05) is 4.90 Å². The summed E-state index contributed by atoms with van der Waals surface area (Å²) in [4.78, 5) is 27.9. The average molecular weight is 562 g/mol. The van der Waals surface area contributed by atoms with Gasteiger partial charge in [-0.3, -0.25) is 9.48 Å². The maximum Gasteiger partial charge on any atom is 0.359 e. The third-order valence-electron chi connectivity index (χ3n) is 7.30. The summed E-state index contributed by atoms with van der Waals surface area (Å²) in [6.07, 6.45) is 1.45. The molecule has 2 aromatic heterocycles. The summed E-state index contributed by atoms with van der Waals surface area (Å²) in [5.74, 6) is -0.599. The highest BCUT2D eigenvalue weighted by molar-refractivity contribution is 6.33. The van der Waals surface area contributed by atoms with Gasteiger partial charge in [-0.15, -0.1) is 0 Å². The van der Waals surface area contributed by atoms with Crippen molar-refractivity contribution in [3.63, 3.8) is 0 Å². The molecule has 0 aliphatic carbocycles. The Balaban J connectivity index is 1.51. The molecule has 0 bridgehead atoms. The van der Waals surface area contributed by atoms with Crippen molar-refractivity contribution in [3.8, 4) is 0 Å². The number of fused-ring (bicyclic) bond motifs is 1. The molecule has 1 fully saturated rings. The summed E-state index contributed by atoms with van der Waals surface area (Å²) in [6, 6.07) is 5.77. The quantitative estimate of drug-likeness (QED) is 0.372. The lowest BCUT2D eigenvalue weighted by molar-refractivity contribution is -0.0424. The Labute approximate surface area is 229 Å². The van der Waals surface area contributed by atoms with E-state index in [0.29, 0.717) is 42.8 Å². The van der Waals surface area contributed by atoms with E-state index in [1.54, 1.807) is 42.9 Å². The Bertz CT molecular complexity index is 1420. The number of halogens is 3. The number of ether oxygens (including phenoxy) is 2. The molecule has 208 valence electrons. The minimum atomic E-state index is -2.65. The molecule has 3 aromatic rings. The zero-order valence-electron chi connectivity index (χ0n) is 21.8. The number of esters is 1. The van der Waals surface area contributed by atoms with E-state index >= 15 is 0 Å². The summed E-state index contributed by atoms with van der Waals surface area (Å²) in [5.41, 5.74) is 1.83. The van der Waals surface area contributed by atoms with Crippen LogP contribution in [-0.4, -0.2) is 45.3 Å². The fourth-order valence-corrected chi connectivity index (χ4v) is 5.59. The number of hydrogen-bond donors (Lipinski definition) is 0. The zero-order chi connectivity index (χ0) is 27.7. The molecule has 0 radical (unpaired) electrons. The van der Waals surface area contributed by atoms with Gasteiger partial charge in [-0.1, -0.05) is 35.9 Å². The molecule has 39 heavy (non-hydrogen) atoms. The van der Waals surface area contributed by atoms with Crippen LogP contribution in [0.25, 0.3) is 0 Å². The summed E-state index contributed by atoms with van der Waals surface area (Å²) in [5, 5.41) is 8.94. The van der Waals surface area contributed by atoms with Crippen molar-refractivity contribution < 1.29 is 23.0 Å². The van der Waals surface area contributed by atoms with Gasteiger partial charge in [0.2, 0.25) is 0 Å². The van der Waals surface area contributed by atoms with Gasteiger partial charge >= 0.3 is 5.97 Å². The Hall–Kier alpha value is -3.31. The number of rotatable bonds is 7. The van der Waals surface area contributed by atoms with E-state index in [1.165, 1.54) is 10.7 Å². The monoisotopic (exact) mass is 561 g/mol. The Morgan fingerprint density at radius 2 is 2.03 bits per heavy atom. The van der Waals surface area contributed by atoms with Gasteiger partial charge in [0, 0.05) is 42.9 Å². The number of aromatic nitrogens is 4. The van der Waals surface area contributed by atoms with Gasteiger partial charge < -0.3 is 14.4 Å². The van der Waals surface area contributed by atoms with Gasteiger partial charge in [0.1, 0.15) is 5.02 Å². The third kappa shape index (κ3) is 5.17. The largest absolute Gasteiger partial charge is 0.461 e. The molecular weight excluding hydrogens is 532 g/mol. The molecule has 2 atom stereocenters. The van der Waals surface area contributed by atoms with Crippen LogP contribution in [0.4, 0.5) is 14.5 Å². The minimum absolute atomic E-state index is 0.0203. The second kappa shape index (κ2) is 11.4. The number of carbonyl (C=O) groups is 1. The van der Waals surface area contributed by atoms with E-state index in [0.717, 1.165) is 18.5 Å². The zero-order valence-corrected chi connectivity index (χ0v) is 22.5. The molecule has 1 aromatic carbocycles. The molecule has 0 spiro atoms.